The normalized spacial score (nSPS) is 22.9. The highest BCUT2D eigenvalue weighted by molar-refractivity contribution is 6.20. The minimum Gasteiger partial charge on any atom is -0.451 e. The second-order valence-electron chi connectivity index (χ2n) is 5.49. The molecule has 3 rings (SSSR count). The first kappa shape index (κ1) is 13.5. The van der Waals surface area contributed by atoms with Gasteiger partial charge in [-0.3, -0.25) is 4.79 Å². The molecular weight excluding hydrogens is 274 g/mol. The predicted octanol–water partition coefficient (Wildman–Crippen LogP) is 3.96. The van der Waals surface area contributed by atoms with Gasteiger partial charge in [0.2, 0.25) is 0 Å². The van der Waals surface area contributed by atoms with Crippen molar-refractivity contribution in [1.29, 1.82) is 0 Å². The molecule has 1 aliphatic rings. The number of hydrogen-bond acceptors (Lipinski definition) is 2. The number of alkyl halides is 1. The van der Waals surface area contributed by atoms with E-state index in [0.717, 1.165) is 36.7 Å². The minimum atomic E-state index is -0.141. The highest BCUT2D eigenvalue weighted by Crippen LogP contribution is 2.27. The number of para-hydroxylation sites is 1. The molecule has 106 valence electrons. The van der Waals surface area contributed by atoms with Crippen LogP contribution in [-0.4, -0.2) is 17.8 Å². The molecule has 20 heavy (non-hydrogen) atoms. The minimum absolute atomic E-state index is 0.141. The number of halogens is 1. The molecule has 1 aromatic heterocycles. The Morgan fingerprint density at radius 3 is 3.00 bits per heavy atom. The molecule has 1 aliphatic carbocycles. The van der Waals surface area contributed by atoms with E-state index in [9.17, 15) is 4.79 Å². The van der Waals surface area contributed by atoms with Crippen molar-refractivity contribution < 1.29 is 9.21 Å². The Balaban J connectivity index is 1.61. The molecule has 1 heterocycles. The average Bonchev–Trinajstić information content (AvgIpc) is 2.89. The fourth-order valence-corrected chi connectivity index (χ4v) is 3.24. The molecule has 1 amide bonds. The van der Waals surface area contributed by atoms with Crippen molar-refractivity contribution in [2.45, 2.75) is 31.1 Å². The lowest BCUT2D eigenvalue weighted by atomic mass is 9.89. The number of carbonyl (C=O) groups is 1. The van der Waals surface area contributed by atoms with Crippen molar-refractivity contribution in [3.63, 3.8) is 0 Å². The zero-order chi connectivity index (χ0) is 13.9. The molecule has 4 heteroatoms. The number of carbonyl (C=O) groups excluding carboxylic acids is 1. The molecule has 2 unspecified atom stereocenters. The highest BCUT2D eigenvalue weighted by atomic mass is 35.5. The Hall–Kier alpha value is -1.48. The van der Waals surface area contributed by atoms with Crippen LogP contribution in [0.15, 0.2) is 34.7 Å². The van der Waals surface area contributed by atoms with Crippen LogP contribution in [0.2, 0.25) is 0 Å². The van der Waals surface area contributed by atoms with Gasteiger partial charge in [-0.1, -0.05) is 24.6 Å². The number of nitrogens with one attached hydrogen (secondary N) is 1. The first-order valence-corrected chi connectivity index (χ1v) is 7.57. The van der Waals surface area contributed by atoms with Gasteiger partial charge >= 0.3 is 0 Å². The molecule has 0 aliphatic heterocycles. The topological polar surface area (TPSA) is 42.2 Å². The van der Waals surface area contributed by atoms with Gasteiger partial charge in [-0.2, -0.15) is 0 Å². The molecule has 1 aromatic carbocycles. The second-order valence-corrected chi connectivity index (χ2v) is 6.11. The number of furan rings is 1. The summed E-state index contributed by atoms with van der Waals surface area (Å²) in [5.41, 5.74) is 0.746. The third-order valence-electron chi connectivity index (χ3n) is 3.92. The second kappa shape index (κ2) is 5.88. The lowest BCUT2D eigenvalue weighted by Crippen LogP contribution is -2.31. The van der Waals surface area contributed by atoms with Gasteiger partial charge in [0, 0.05) is 17.3 Å². The highest BCUT2D eigenvalue weighted by Gasteiger charge is 2.21. The summed E-state index contributed by atoms with van der Waals surface area (Å²) in [5, 5.41) is 4.17. The lowest BCUT2D eigenvalue weighted by Gasteiger charge is -2.25. The van der Waals surface area contributed by atoms with Crippen LogP contribution in [0.25, 0.3) is 11.0 Å². The third-order valence-corrected chi connectivity index (χ3v) is 4.32. The first-order valence-electron chi connectivity index (χ1n) is 7.13. The van der Waals surface area contributed by atoms with Gasteiger partial charge in [-0.25, -0.2) is 0 Å². The van der Waals surface area contributed by atoms with Gasteiger partial charge in [-0.15, -0.1) is 11.6 Å². The van der Waals surface area contributed by atoms with Gasteiger partial charge in [0.25, 0.3) is 5.91 Å². The standard InChI is InChI=1S/C16H18ClNO2/c17-13-6-3-4-11(8-13)10-18-16(19)15-9-12-5-1-2-7-14(12)20-15/h1-2,5,7,9,11,13H,3-4,6,8,10H2,(H,18,19). The fraction of sp³-hybridized carbons (Fsp3) is 0.438. The van der Waals surface area contributed by atoms with Crippen molar-refractivity contribution in [2.24, 2.45) is 5.92 Å². The Kier molecular flexibility index (Phi) is 3.97. The van der Waals surface area contributed by atoms with Crippen LogP contribution in [0.5, 0.6) is 0 Å². The number of fused-ring (bicyclic) bond motifs is 1. The zero-order valence-electron chi connectivity index (χ0n) is 11.3. The van der Waals surface area contributed by atoms with E-state index in [-0.39, 0.29) is 11.3 Å². The summed E-state index contributed by atoms with van der Waals surface area (Å²) < 4.78 is 5.55. The number of rotatable bonds is 3. The SMILES string of the molecule is O=C(NCC1CCCC(Cl)C1)c1cc2ccccc2o1. The largest absolute Gasteiger partial charge is 0.451 e. The Morgan fingerprint density at radius 1 is 1.35 bits per heavy atom. The molecule has 1 saturated carbocycles. The van der Waals surface area contributed by atoms with E-state index in [0.29, 0.717) is 18.2 Å². The maximum Gasteiger partial charge on any atom is 0.287 e. The monoisotopic (exact) mass is 291 g/mol. The Morgan fingerprint density at radius 2 is 2.20 bits per heavy atom. The van der Waals surface area contributed by atoms with Crippen LogP contribution in [-0.2, 0) is 0 Å². The van der Waals surface area contributed by atoms with Gasteiger partial charge in [0.1, 0.15) is 5.58 Å². The smallest absolute Gasteiger partial charge is 0.287 e. The molecule has 1 N–H and O–H groups in total. The summed E-state index contributed by atoms with van der Waals surface area (Å²) in [5.74, 6) is 0.724. The van der Waals surface area contributed by atoms with E-state index in [2.05, 4.69) is 5.32 Å². The average molecular weight is 292 g/mol. The van der Waals surface area contributed by atoms with E-state index in [1.807, 2.05) is 24.3 Å². The first-order chi connectivity index (χ1) is 9.72. The molecule has 3 nitrogen and oxygen atoms in total. The van der Waals surface area contributed by atoms with E-state index in [4.69, 9.17) is 16.0 Å². The molecule has 0 spiro atoms. The quantitative estimate of drug-likeness (QED) is 0.870. The van der Waals surface area contributed by atoms with Crippen molar-refractivity contribution in [3.8, 4) is 0 Å². The van der Waals surface area contributed by atoms with Crippen molar-refractivity contribution in [2.75, 3.05) is 6.54 Å². The molecular formula is C16H18ClNO2. The van der Waals surface area contributed by atoms with E-state index < -0.39 is 0 Å². The maximum absolute atomic E-state index is 12.1. The van der Waals surface area contributed by atoms with Crippen molar-refractivity contribution in [3.05, 3.63) is 36.1 Å². The van der Waals surface area contributed by atoms with Gasteiger partial charge < -0.3 is 9.73 Å². The summed E-state index contributed by atoms with van der Waals surface area (Å²) >= 11 is 6.17. The van der Waals surface area contributed by atoms with Crippen molar-refractivity contribution in [1.82, 2.24) is 5.32 Å². The van der Waals surface area contributed by atoms with Crippen molar-refractivity contribution >= 4 is 28.5 Å². The van der Waals surface area contributed by atoms with Crippen LogP contribution in [0.1, 0.15) is 36.2 Å². The molecule has 0 saturated heterocycles. The van der Waals surface area contributed by atoms with Crippen LogP contribution in [0, 0.1) is 5.92 Å². The number of benzene rings is 1. The molecule has 0 bridgehead atoms. The summed E-state index contributed by atoms with van der Waals surface area (Å²) in [6.45, 7) is 0.680. The fourth-order valence-electron chi connectivity index (χ4n) is 2.83. The number of hydrogen-bond donors (Lipinski definition) is 1. The zero-order valence-corrected chi connectivity index (χ0v) is 12.0. The molecule has 0 radical (unpaired) electrons. The molecule has 2 aromatic rings. The molecule has 2 atom stereocenters. The summed E-state index contributed by atoms with van der Waals surface area (Å²) in [7, 11) is 0. The Bertz CT molecular complexity index is 574. The van der Waals surface area contributed by atoms with Crippen LogP contribution in [0.3, 0.4) is 0 Å². The van der Waals surface area contributed by atoms with E-state index in [1.54, 1.807) is 6.07 Å². The summed E-state index contributed by atoms with van der Waals surface area (Å²) in [4.78, 5) is 12.1. The van der Waals surface area contributed by atoms with Gasteiger partial charge in [-0.05, 0) is 37.3 Å². The van der Waals surface area contributed by atoms with Crippen LogP contribution < -0.4 is 5.32 Å². The molecule has 1 fully saturated rings. The van der Waals surface area contributed by atoms with Crippen LogP contribution >= 0.6 is 11.6 Å². The van der Waals surface area contributed by atoms with E-state index >= 15 is 0 Å². The summed E-state index contributed by atoms with van der Waals surface area (Å²) in [6.07, 6.45) is 4.38. The summed E-state index contributed by atoms with van der Waals surface area (Å²) in [6, 6.07) is 9.43. The third kappa shape index (κ3) is 2.98. The Labute approximate surface area is 123 Å². The van der Waals surface area contributed by atoms with Crippen LogP contribution in [0.4, 0.5) is 0 Å². The number of amides is 1. The predicted molar refractivity (Wildman–Crippen MR) is 80.1 cm³/mol. The van der Waals surface area contributed by atoms with E-state index in [1.165, 1.54) is 0 Å². The maximum atomic E-state index is 12.1. The van der Waals surface area contributed by atoms with Gasteiger partial charge in [0.15, 0.2) is 5.76 Å². The van der Waals surface area contributed by atoms with Gasteiger partial charge in [0.05, 0.1) is 0 Å². The lowest BCUT2D eigenvalue weighted by molar-refractivity contribution is 0.0918.